The number of hydrogen-bond acceptors (Lipinski definition) is 4. The molecule has 2 aliphatic rings. The van der Waals surface area contributed by atoms with Crippen LogP contribution in [0.25, 0.3) is 0 Å². The molecule has 0 amide bonds. The summed E-state index contributed by atoms with van der Waals surface area (Å²) in [6, 6.07) is 11.8. The van der Waals surface area contributed by atoms with Crippen molar-refractivity contribution in [1.29, 1.82) is 0 Å². The molecule has 0 radical (unpaired) electrons. The highest BCUT2D eigenvalue weighted by Crippen LogP contribution is 2.21. The quantitative estimate of drug-likeness (QED) is 0.256. The Morgan fingerprint density at radius 2 is 2.03 bits per heavy atom. The lowest BCUT2D eigenvalue weighted by Crippen LogP contribution is -2.44. The molecule has 2 aliphatic heterocycles. The van der Waals surface area contributed by atoms with Crippen LogP contribution in [0.4, 0.5) is 15.9 Å². The van der Waals surface area contributed by atoms with Crippen molar-refractivity contribution in [3.05, 3.63) is 66.1 Å². The van der Waals surface area contributed by atoms with E-state index in [9.17, 15) is 4.39 Å². The first-order chi connectivity index (χ1) is 14.7. The number of benzene rings is 1. The van der Waals surface area contributed by atoms with Crippen LogP contribution in [-0.4, -0.2) is 49.7 Å². The molecule has 6 nitrogen and oxygen atoms in total. The first-order valence-electron chi connectivity index (χ1n) is 10.6. The molecule has 3 heterocycles. The van der Waals surface area contributed by atoms with Gasteiger partial charge in [0.05, 0.1) is 6.54 Å². The van der Waals surface area contributed by atoms with Gasteiger partial charge in [0.2, 0.25) is 0 Å². The summed E-state index contributed by atoms with van der Waals surface area (Å²) in [7, 11) is 0. The first kappa shape index (κ1) is 23.3. The minimum atomic E-state index is -0.271. The minimum absolute atomic E-state index is 0. The summed E-state index contributed by atoms with van der Waals surface area (Å²) >= 11 is 0. The Bertz CT molecular complexity index is 910. The fourth-order valence-corrected chi connectivity index (χ4v) is 3.90. The number of rotatable bonds is 6. The van der Waals surface area contributed by atoms with Crippen molar-refractivity contribution in [1.82, 2.24) is 15.6 Å². The van der Waals surface area contributed by atoms with Gasteiger partial charge in [-0.1, -0.05) is 24.3 Å². The smallest absolute Gasteiger partial charge is 0.191 e. The number of nitrogens with one attached hydrogen (secondary N) is 2. The molecule has 1 atom stereocenters. The van der Waals surface area contributed by atoms with Crippen molar-refractivity contribution in [3.8, 4) is 0 Å². The maximum atomic E-state index is 14.0. The third kappa shape index (κ3) is 6.09. The number of guanidine groups is 1. The zero-order chi connectivity index (χ0) is 20.8. The molecule has 1 aromatic heterocycles. The molecule has 0 aliphatic carbocycles. The Labute approximate surface area is 200 Å². The second kappa shape index (κ2) is 11.3. The fourth-order valence-electron chi connectivity index (χ4n) is 3.90. The number of anilines is 2. The van der Waals surface area contributed by atoms with Gasteiger partial charge in [0.1, 0.15) is 0 Å². The van der Waals surface area contributed by atoms with Crippen LogP contribution in [-0.2, 0) is 6.54 Å². The summed E-state index contributed by atoms with van der Waals surface area (Å²) < 4.78 is 14.0. The zero-order valence-corrected chi connectivity index (χ0v) is 20.1. The fraction of sp³-hybridized carbons (Fsp3) is 0.391. The SMILES string of the molecule is CCNC(=NCc1cccc(N2CC=CC2)c1)NC1CCN(c2ncccc2F)C1.I. The Morgan fingerprint density at radius 3 is 2.81 bits per heavy atom. The van der Waals surface area contributed by atoms with Crippen molar-refractivity contribution >= 4 is 41.4 Å². The van der Waals surface area contributed by atoms with E-state index in [-0.39, 0.29) is 35.8 Å². The molecular formula is C23H30FIN6. The number of hydrogen-bond donors (Lipinski definition) is 2. The van der Waals surface area contributed by atoms with E-state index in [4.69, 9.17) is 4.99 Å². The average Bonchev–Trinajstić information content (AvgIpc) is 3.45. The lowest BCUT2D eigenvalue weighted by molar-refractivity contribution is 0.612. The Balaban J connectivity index is 0.00000272. The monoisotopic (exact) mass is 536 g/mol. The van der Waals surface area contributed by atoms with Gasteiger partial charge in [-0.15, -0.1) is 24.0 Å². The van der Waals surface area contributed by atoms with Gasteiger partial charge in [0, 0.05) is 50.6 Å². The second-order valence-corrected chi connectivity index (χ2v) is 7.63. The summed E-state index contributed by atoms with van der Waals surface area (Å²) in [6.07, 6.45) is 6.94. The standard InChI is InChI=1S/C23H29FN6.HI/c1-2-25-23(27-16-18-7-5-8-20(15-18)29-12-3-4-13-29)28-19-10-14-30(17-19)22-21(24)9-6-11-26-22;/h3-9,11,15,19H,2,10,12-14,16-17H2,1H3,(H2,25,27,28);1H. The maximum absolute atomic E-state index is 14.0. The van der Waals surface area contributed by atoms with E-state index < -0.39 is 0 Å². The summed E-state index contributed by atoms with van der Waals surface area (Å²) in [5.41, 5.74) is 2.41. The van der Waals surface area contributed by atoms with E-state index in [1.54, 1.807) is 12.3 Å². The summed E-state index contributed by atoms with van der Waals surface area (Å²) in [4.78, 5) is 13.3. The number of nitrogens with zero attached hydrogens (tertiary/aromatic N) is 4. The number of aliphatic imine (C=N–C) groups is 1. The molecule has 4 rings (SSSR count). The largest absolute Gasteiger partial charge is 0.364 e. The maximum Gasteiger partial charge on any atom is 0.191 e. The van der Waals surface area contributed by atoms with Crippen molar-refractivity contribution in [2.75, 3.05) is 42.5 Å². The molecular weight excluding hydrogens is 506 g/mol. The van der Waals surface area contributed by atoms with Crippen molar-refractivity contribution in [2.45, 2.75) is 25.9 Å². The molecule has 31 heavy (non-hydrogen) atoms. The van der Waals surface area contributed by atoms with E-state index in [1.165, 1.54) is 17.3 Å². The van der Waals surface area contributed by atoms with Gasteiger partial charge in [-0.05, 0) is 43.2 Å². The molecule has 1 saturated heterocycles. The lowest BCUT2D eigenvalue weighted by Gasteiger charge is -2.20. The molecule has 2 N–H and O–H groups in total. The van der Waals surface area contributed by atoms with Crippen LogP contribution in [0.5, 0.6) is 0 Å². The van der Waals surface area contributed by atoms with Crippen LogP contribution in [0, 0.1) is 5.82 Å². The molecule has 166 valence electrons. The summed E-state index contributed by atoms with van der Waals surface area (Å²) in [5, 5.41) is 6.83. The number of pyridine rings is 1. The Hall–Kier alpha value is -2.36. The van der Waals surface area contributed by atoms with Crippen LogP contribution in [0.2, 0.25) is 0 Å². The van der Waals surface area contributed by atoms with Crippen LogP contribution in [0.15, 0.2) is 59.7 Å². The third-order valence-electron chi connectivity index (χ3n) is 5.43. The molecule has 8 heteroatoms. The minimum Gasteiger partial charge on any atom is -0.364 e. The molecule has 2 aromatic rings. The van der Waals surface area contributed by atoms with E-state index in [2.05, 4.69) is 63.9 Å². The summed E-state index contributed by atoms with van der Waals surface area (Å²) in [5.74, 6) is 0.947. The van der Waals surface area contributed by atoms with Gasteiger partial charge in [0.25, 0.3) is 0 Å². The van der Waals surface area contributed by atoms with Gasteiger partial charge in [-0.3, -0.25) is 0 Å². The molecule has 1 aromatic carbocycles. The highest BCUT2D eigenvalue weighted by Gasteiger charge is 2.25. The normalized spacial score (nSPS) is 18.3. The molecule has 1 fully saturated rings. The molecule has 1 unspecified atom stereocenters. The van der Waals surface area contributed by atoms with Gasteiger partial charge < -0.3 is 20.4 Å². The third-order valence-corrected chi connectivity index (χ3v) is 5.43. The highest BCUT2D eigenvalue weighted by atomic mass is 127. The van der Waals surface area contributed by atoms with Crippen LogP contribution < -0.4 is 20.4 Å². The lowest BCUT2D eigenvalue weighted by atomic mass is 10.2. The van der Waals surface area contributed by atoms with E-state index >= 15 is 0 Å². The Kier molecular flexibility index (Phi) is 8.51. The number of aromatic nitrogens is 1. The molecule has 0 spiro atoms. The molecule has 0 saturated carbocycles. The predicted molar refractivity (Wildman–Crippen MR) is 136 cm³/mol. The average molecular weight is 536 g/mol. The second-order valence-electron chi connectivity index (χ2n) is 7.63. The predicted octanol–water partition coefficient (Wildman–Crippen LogP) is 3.55. The van der Waals surface area contributed by atoms with E-state index in [0.717, 1.165) is 38.6 Å². The molecule has 0 bridgehead atoms. The van der Waals surface area contributed by atoms with Crippen molar-refractivity contribution in [2.24, 2.45) is 4.99 Å². The van der Waals surface area contributed by atoms with Crippen molar-refractivity contribution < 1.29 is 4.39 Å². The van der Waals surface area contributed by atoms with E-state index in [1.807, 2.05) is 4.90 Å². The van der Waals surface area contributed by atoms with Gasteiger partial charge in [-0.2, -0.15) is 0 Å². The number of halogens is 2. The van der Waals surface area contributed by atoms with Crippen LogP contribution >= 0.6 is 24.0 Å². The topological polar surface area (TPSA) is 55.8 Å². The van der Waals surface area contributed by atoms with Gasteiger partial charge in [-0.25, -0.2) is 14.4 Å². The summed E-state index contributed by atoms with van der Waals surface area (Å²) in [6.45, 7) is 6.86. The van der Waals surface area contributed by atoms with Crippen LogP contribution in [0.3, 0.4) is 0 Å². The van der Waals surface area contributed by atoms with E-state index in [0.29, 0.717) is 18.9 Å². The highest BCUT2D eigenvalue weighted by molar-refractivity contribution is 14.0. The van der Waals surface area contributed by atoms with Gasteiger partial charge in [0.15, 0.2) is 17.6 Å². The Morgan fingerprint density at radius 1 is 1.19 bits per heavy atom. The zero-order valence-electron chi connectivity index (χ0n) is 17.8. The van der Waals surface area contributed by atoms with Gasteiger partial charge >= 0.3 is 0 Å². The van der Waals surface area contributed by atoms with Crippen LogP contribution in [0.1, 0.15) is 18.9 Å². The first-order valence-corrected chi connectivity index (χ1v) is 10.6. The van der Waals surface area contributed by atoms with Crippen molar-refractivity contribution in [3.63, 3.8) is 0 Å².